The number of hydrogen-bond acceptors (Lipinski definition) is 4. The highest BCUT2D eigenvalue weighted by Gasteiger charge is 2.34. The van der Waals surface area contributed by atoms with Crippen LogP contribution in [0.15, 0.2) is 11.4 Å². The van der Waals surface area contributed by atoms with Gasteiger partial charge in [-0.3, -0.25) is 4.79 Å². The number of thiophene rings is 1. The maximum atomic E-state index is 12.7. The number of carbonyl (C=O) groups is 1. The number of hydrogen-bond donors (Lipinski definition) is 2. The number of amides is 1. The number of fused-ring (bicyclic) bond motifs is 1. The van der Waals surface area contributed by atoms with Crippen molar-refractivity contribution < 1.29 is 9.53 Å². The molecule has 5 heteroatoms. The zero-order valence-electron chi connectivity index (χ0n) is 13.3. The highest BCUT2D eigenvalue weighted by Crippen LogP contribution is 2.35. The fraction of sp³-hybridized carbons (Fsp3) is 0.706. The van der Waals surface area contributed by atoms with E-state index in [-0.39, 0.29) is 17.2 Å². The van der Waals surface area contributed by atoms with Crippen molar-refractivity contribution in [3.63, 3.8) is 0 Å². The van der Waals surface area contributed by atoms with Crippen molar-refractivity contribution in [1.82, 2.24) is 10.6 Å². The Morgan fingerprint density at radius 3 is 3.09 bits per heavy atom. The first kappa shape index (κ1) is 16.0. The highest BCUT2D eigenvalue weighted by atomic mass is 32.1. The average Bonchev–Trinajstić information content (AvgIpc) is 3.02. The van der Waals surface area contributed by atoms with Gasteiger partial charge in [0.05, 0.1) is 12.5 Å². The molecule has 2 aliphatic rings. The molecular weight excluding hydrogens is 296 g/mol. The zero-order valence-corrected chi connectivity index (χ0v) is 14.1. The van der Waals surface area contributed by atoms with Crippen LogP contribution >= 0.6 is 11.3 Å². The molecule has 2 N–H and O–H groups in total. The monoisotopic (exact) mass is 322 g/mol. The largest absolute Gasteiger partial charge is 0.384 e. The van der Waals surface area contributed by atoms with Gasteiger partial charge in [0.1, 0.15) is 0 Å². The van der Waals surface area contributed by atoms with E-state index in [9.17, 15) is 4.79 Å². The smallest absolute Gasteiger partial charge is 0.227 e. The van der Waals surface area contributed by atoms with Crippen molar-refractivity contribution in [2.24, 2.45) is 5.41 Å². The summed E-state index contributed by atoms with van der Waals surface area (Å²) in [7, 11) is 1.75. The van der Waals surface area contributed by atoms with Crippen LogP contribution in [0.25, 0.3) is 0 Å². The summed E-state index contributed by atoms with van der Waals surface area (Å²) < 4.78 is 5.43. The lowest BCUT2D eigenvalue weighted by atomic mass is 9.79. The minimum Gasteiger partial charge on any atom is -0.384 e. The Hall–Kier alpha value is -0.910. The van der Waals surface area contributed by atoms with Gasteiger partial charge in [-0.05, 0) is 62.2 Å². The van der Waals surface area contributed by atoms with Gasteiger partial charge in [0.25, 0.3) is 0 Å². The molecule has 1 aromatic heterocycles. The fourth-order valence-corrected chi connectivity index (χ4v) is 4.78. The van der Waals surface area contributed by atoms with Crippen molar-refractivity contribution in [2.45, 2.75) is 38.0 Å². The van der Waals surface area contributed by atoms with Crippen LogP contribution in [0.5, 0.6) is 0 Å². The van der Waals surface area contributed by atoms with Crippen LogP contribution < -0.4 is 10.6 Å². The first-order valence-corrected chi connectivity index (χ1v) is 9.16. The number of methoxy groups -OCH3 is 1. The van der Waals surface area contributed by atoms with E-state index in [4.69, 9.17) is 4.74 Å². The van der Waals surface area contributed by atoms with E-state index in [1.807, 2.05) is 0 Å². The van der Waals surface area contributed by atoms with Gasteiger partial charge in [-0.2, -0.15) is 0 Å². The van der Waals surface area contributed by atoms with Crippen molar-refractivity contribution in [3.05, 3.63) is 21.9 Å². The number of carbonyl (C=O) groups excluding carboxylic acids is 1. The molecule has 3 rings (SSSR count). The summed E-state index contributed by atoms with van der Waals surface area (Å²) in [5, 5.41) is 8.75. The van der Waals surface area contributed by atoms with Gasteiger partial charge in [-0.1, -0.05) is 0 Å². The third-order valence-corrected chi connectivity index (χ3v) is 6.12. The molecule has 0 radical (unpaired) electrons. The molecule has 22 heavy (non-hydrogen) atoms. The molecule has 1 amide bonds. The third-order valence-electron chi connectivity index (χ3n) is 5.12. The summed E-state index contributed by atoms with van der Waals surface area (Å²) in [5.74, 6) is 0.254. The van der Waals surface area contributed by atoms with Crippen LogP contribution in [-0.4, -0.2) is 39.3 Å². The number of piperidine rings is 1. The Morgan fingerprint density at radius 2 is 2.32 bits per heavy atom. The Morgan fingerprint density at radius 1 is 1.50 bits per heavy atom. The van der Waals surface area contributed by atoms with Gasteiger partial charge in [0.15, 0.2) is 0 Å². The Labute approximate surface area is 136 Å². The van der Waals surface area contributed by atoms with Crippen molar-refractivity contribution in [1.29, 1.82) is 0 Å². The molecule has 0 saturated carbocycles. The molecular formula is C17H26N2O2S. The molecule has 4 nitrogen and oxygen atoms in total. The predicted octanol–water partition coefficient (Wildman–Crippen LogP) is 2.30. The molecule has 122 valence electrons. The Balaban J connectivity index is 1.62. The maximum absolute atomic E-state index is 12.7. The standard InChI is InChI=1S/C17H26N2O2S/c1-21-12-17(6-8-18-9-7-17)11-19-16(20)14-3-2-4-15-13(14)5-10-22-15/h5,10,14,18H,2-4,6-9,11-12H2,1H3,(H,19,20). The van der Waals surface area contributed by atoms with Crippen LogP contribution in [0.4, 0.5) is 0 Å². The van der Waals surface area contributed by atoms with E-state index < -0.39 is 0 Å². The molecule has 1 aliphatic carbocycles. The molecule has 1 saturated heterocycles. The van der Waals surface area contributed by atoms with E-state index >= 15 is 0 Å². The topological polar surface area (TPSA) is 50.4 Å². The summed E-state index contributed by atoms with van der Waals surface area (Å²) in [6.45, 7) is 3.48. The number of ether oxygens (including phenoxy) is 1. The molecule has 1 aromatic rings. The number of aryl methyl sites for hydroxylation is 1. The summed E-state index contributed by atoms with van der Waals surface area (Å²) in [6.07, 6.45) is 5.37. The van der Waals surface area contributed by atoms with Crippen molar-refractivity contribution in [2.75, 3.05) is 33.4 Å². The maximum Gasteiger partial charge on any atom is 0.227 e. The van der Waals surface area contributed by atoms with Crippen LogP contribution in [0.3, 0.4) is 0 Å². The van der Waals surface area contributed by atoms with Crippen LogP contribution in [-0.2, 0) is 16.0 Å². The van der Waals surface area contributed by atoms with E-state index in [0.29, 0.717) is 0 Å². The lowest BCUT2D eigenvalue weighted by Crippen LogP contribution is -2.48. The third kappa shape index (κ3) is 3.36. The molecule has 1 unspecified atom stereocenters. The van der Waals surface area contributed by atoms with E-state index in [1.54, 1.807) is 18.4 Å². The van der Waals surface area contributed by atoms with E-state index in [1.165, 1.54) is 10.4 Å². The molecule has 1 atom stereocenters. The number of nitrogens with one attached hydrogen (secondary N) is 2. The molecule has 1 aliphatic heterocycles. The number of rotatable bonds is 5. The Kier molecular flexibility index (Phi) is 5.16. The SMILES string of the molecule is COCC1(CNC(=O)C2CCCc3sccc32)CCNCC1. The van der Waals surface area contributed by atoms with Crippen molar-refractivity contribution >= 4 is 17.2 Å². The minimum atomic E-state index is 0.0521. The second-order valence-electron chi connectivity index (χ2n) is 6.64. The molecule has 0 spiro atoms. The van der Waals surface area contributed by atoms with E-state index in [2.05, 4.69) is 22.1 Å². The summed E-state index contributed by atoms with van der Waals surface area (Å²) in [6, 6.07) is 2.14. The summed E-state index contributed by atoms with van der Waals surface area (Å²) in [5.41, 5.74) is 1.36. The first-order valence-electron chi connectivity index (χ1n) is 8.28. The zero-order chi connectivity index (χ0) is 15.4. The van der Waals surface area contributed by atoms with Crippen molar-refractivity contribution in [3.8, 4) is 0 Å². The highest BCUT2D eigenvalue weighted by molar-refractivity contribution is 7.10. The molecule has 0 aromatic carbocycles. The summed E-state index contributed by atoms with van der Waals surface area (Å²) >= 11 is 1.79. The van der Waals surface area contributed by atoms with Gasteiger partial charge in [0, 0.05) is 23.9 Å². The normalized spacial score (nSPS) is 23.8. The van der Waals surface area contributed by atoms with Gasteiger partial charge in [-0.15, -0.1) is 11.3 Å². The van der Waals surface area contributed by atoms with Gasteiger partial charge in [-0.25, -0.2) is 0 Å². The molecule has 2 heterocycles. The van der Waals surface area contributed by atoms with Crippen LogP contribution in [0.1, 0.15) is 42.0 Å². The summed E-state index contributed by atoms with van der Waals surface area (Å²) in [4.78, 5) is 14.1. The first-order chi connectivity index (χ1) is 10.7. The molecule has 1 fully saturated rings. The molecule has 0 bridgehead atoms. The lowest BCUT2D eigenvalue weighted by molar-refractivity contribution is -0.123. The minimum absolute atomic E-state index is 0.0521. The quantitative estimate of drug-likeness (QED) is 0.874. The van der Waals surface area contributed by atoms with Gasteiger partial charge >= 0.3 is 0 Å². The Bertz CT molecular complexity index is 503. The van der Waals surface area contributed by atoms with E-state index in [0.717, 1.165) is 58.3 Å². The predicted molar refractivity (Wildman–Crippen MR) is 89.4 cm³/mol. The fourth-order valence-electron chi connectivity index (χ4n) is 3.79. The van der Waals surface area contributed by atoms with Gasteiger partial charge in [0.2, 0.25) is 5.91 Å². The second kappa shape index (κ2) is 7.11. The van der Waals surface area contributed by atoms with Gasteiger partial charge < -0.3 is 15.4 Å². The average molecular weight is 322 g/mol. The second-order valence-corrected chi connectivity index (χ2v) is 7.65. The van der Waals surface area contributed by atoms with Crippen LogP contribution in [0.2, 0.25) is 0 Å². The lowest BCUT2D eigenvalue weighted by Gasteiger charge is -2.37. The van der Waals surface area contributed by atoms with Crippen LogP contribution in [0, 0.1) is 5.41 Å².